The van der Waals surface area contributed by atoms with Gasteiger partial charge in [0.05, 0.1) is 7.11 Å². The predicted molar refractivity (Wildman–Crippen MR) is 77.7 cm³/mol. The maximum absolute atomic E-state index is 11.9. The van der Waals surface area contributed by atoms with E-state index in [9.17, 15) is 4.79 Å². The molecule has 0 aliphatic carbocycles. The molecule has 1 amide bonds. The molecule has 1 unspecified atom stereocenters. The van der Waals surface area contributed by atoms with Crippen molar-refractivity contribution in [3.8, 4) is 5.75 Å². The molecule has 0 fully saturated rings. The first-order chi connectivity index (χ1) is 9.63. The van der Waals surface area contributed by atoms with Crippen LogP contribution in [0.1, 0.15) is 6.92 Å². The van der Waals surface area contributed by atoms with Gasteiger partial charge in [-0.05, 0) is 30.2 Å². The van der Waals surface area contributed by atoms with Crippen LogP contribution in [-0.2, 0) is 11.3 Å². The van der Waals surface area contributed by atoms with E-state index < -0.39 is 0 Å². The van der Waals surface area contributed by atoms with Crippen LogP contribution in [0, 0.1) is 5.92 Å². The van der Waals surface area contributed by atoms with Crippen LogP contribution in [-0.4, -0.2) is 35.8 Å². The molecule has 0 radical (unpaired) electrons. The molecule has 0 saturated carbocycles. The van der Waals surface area contributed by atoms with Crippen LogP contribution >= 0.6 is 0 Å². The molecule has 2 rings (SSSR count). The summed E-state index contributed by atoms with van der Waals surface area (Å²) in [7, 11) is 1.63. The first-order valence-corrected chi connectivity index (χ1v) is 6.64. The lowest BCUT2D eigenvalue weighted by Crippen LogP contribution is -2.32. The molecule has 20 heavy (non-hydrogen) atoms. The number of benzene rings is 1. The van der Waals surface area contributed by atoms with Crippen molar-refractivity contribution in [3.05, 3.63) is 30.5 Å². The van der Waals surface area contributed by atoms with Gasteiger partial charge in [-0.1, -0.05) is 6.92 Å². The summed E-state index contributed by atoms with van der Waals surface area (Å²) < 4.78 is 7.07. The van der Waals surface area contributed by atoms with Crippen LogP contribution in [0.25, 0.3) is 10.9 Å². The van der Waals surface area contributed by atoms with Crippen molar-refractivity contribution in [1.29, 1.82) is 0 Å². The quantitative estimate of drug-likeness (QED) is 0.838. The highest BCUT2D eigenvalue weighted by Gasteiger charge is 2.08. The highest BCUT2D eigenvalue weighted by Crippen LogP contribution is 2.21. The van der Waals surface area contributed by atoms with Gasteiger partial charge in [0.25, 0.3) is 0 Å². The number of carbonyl (C=O) groups excluding carboxylic acids is 1. The second-order valence-corrected chi connectivity index (χ2v) is 4.96. The fourth-order valence-corrected chi connectivity index (χ4v) is 2.01. The highest BCUT2D eigenvalue weighted by atomic mass is 16.5. The molecule has 1 heterocycles. The molecule has 2 N–H and O–H groups in total. The molecule has 0 aliphatic heterocycles. The van der Waals surface area contributed by atoms with Crippen LogP contribution in [0.2, 0.25) is 0 Å². The van der Waals surface area contributed by atoms with E-state index in [4.69, 9.17) is 9.84 Å². The van der Waals surface area contributed by atoms with Gasteiger partial charge in [-0.3, -0.25) is 4.79 Å². The van der Waals surface area contributed by atoms with Gasteiger partial charge < -0.3 is 19.7 Å². The average molecular weight is 276 g/mol. The largest absolute Gasteiger partial charge is 0.497 e. The number of ether oxygens (including phenoxy) is 1. The van der Waals surface area contributed by atoms with Gasteiger partial charge in [0.1, 0.15) is 12.3 Å². The Hall–Kier alpha value is -2.01. The molecule has 5 heteroatoms. The number of amides is 1. The summed E-state index contributed by atoms with van der Waals surface area (Å²) in [6, 6.07) is 7.72. The zero-order valence-electron chi connectivity index (χ0n) is 11.8. The van der Waals surface area contributed by atoms with Gasteiger partial charge in [-0.25, -0.2) is 0 Å². The monoisotopic (exact) mass is 276 g/mol. The number of fused-ring (bicyclic) bond motifs is 1. The Labute approximate surface area is 118 Å². The third-order valence-corrected chi connectivity index (χ3v) is 3.25. The van der Waals surface area contributed by atoms with Gasteiger partial charge in [0.15, 0.2) is 0 Å². The third-order valence-electron chi connectivity index (χ3n) is 3.25. The summed E-state index contributed by atoms with van der Waals surface area (Å²) >= 11 is 0. The standard InChI is InChI=1S/C15H20N2O3/c1-11(10-18)8-16-15(19)9-17-6-5-12-7-13(20-2)3-4-14(12)17/h3-7,11,18H,8-10H2,1-2H3,(H,16,19). The van der Waals surface area contributed by atoms with Gasteiger partial charge in [-0.15, -0.1) is 0 Å². The minimum Gasteiger partial charge on any atom is -0.497 e. The topological polar surface area (TPSA) is 63.5 Å². The first kappa shape index (κ1) is 14.4. The van der Waals surface area contributed by atoms with Crippen molar-refractivity contribution in [1.82, 2.24) is 9.88 Å². The molecular weight excluding hydrogens is 256 g/mol. The van der Waals surface area contributed by atoms with Gasteiger partial charge in [0, 0.05) is 30.3 Å². The minimum atomic E-state index is -0.0568. The number of aromatic nitrogens is 1. The van der Waals surface area contributed by atoms with Crippen molar-refractivity contribution < 1.29 is 14.6 Å². The van der Waals surface area contributed by atoms with E-state index >= 15 is 0 Å². The SMILES string of the molecule is COc1ccc2c(ccn2CC(=O)NCC(C)CO)c1. The van der Waals surface area contributed by atoms with E-state index in [-0.39, 0.29) is 25.0 Å². The maximum atomic E-state index is 11.9. The molecule has 1 atom stereocenters. The molecule has 108 valence electrons. The Bertz CT molecular complexity index is 592. The van der Waals surface area contributed by atoms with Crippen LogP contribution in [0.4, 0.5) is 0 Å². The van der Waals surface area contributed by atoms with E-state index in [0.717, 1.165) is 16.7 Å². The van der Waals surface area contributed by atoms with E-state index in [2.05, 4.69) is 5.32 Å². The normalized spacial score (nSPS) is 12.3. The van der Waals surface area contributed by atoms with Crippen LogP contribution in [0.3, 0.4) is 0 Å². The Morgan fingerprint density at radius 2 is 2.25 bits per heavy atom. The molecule has 0 spiro atoms. The average Bonchev–Trinajstić information content (AvgIpc) is 2.86. The number of hydrogen-bond donors (Lipinski definition) is 2. The number of rotatable bonds is 6. The molecule has 1 aromatic heterocycles. The zero-order chi connectivity index (χ0) is 14.5. The fraction of sp³-hybridized carbons (Fsp3) is 0.400. The highest BCUT2D eigenvalue weighted by molar-refractivity contribution is 5.84. The lowest BCUT2D eigenvalue weighted by atomic mass is 10.2. The molecule has 2 aromatic rings. The smallest absolute Gasteiger partial charge is 0.239 e. The Morgan fingerprint density at radius 1 is 1.45 bits per heavy atom. The molecule has 5 nitrogen and oxygen atoms in total. The van der Waals surface area contributed by atoms with Crippen molar-refractivity contribution in [2.45, 2.75) is 13.5 Å². The fourth-order valence-electron chi connectivity index (χ4n) is 2.01. The summed E-state index contributed by atoms with van der Waals surface area (Å²) in [5, 5.41) is 12.8. The molecule has 0 saturated heterocycles. The number of methoxy groups -OCH3 is 1. The van der Waals surface area contributed by atoms with Crippen molar-refractivity contribution in [3.63, 3.8) is 0 Å². The van der Waals surface area contributed by atoms with Gasteiger partial charge in [-0.2, -0.15) is 0 Å². The van der Waals surface area contributed by atoms with Crippen LogP contribution in [0.5, 0.6) is 5.75 Å². The number of aliphatic hydroxyl groups excluding tert-OH is 1. The Balaban J connectivity index is 2.04. The van der Waals surface area contributed by atoms with E-state index in [0.29, 0.717) is 6.54 Å². The second-order valence-electron chi connectivity index (χ2n) is 4.96. The number of nitrogens with one attached hydrogen (secondary N) is 1. The molecule has 1 aromatic carbocycles. The summed E-state index contributed by atoms with van der Waals surface area (Å²) in [4.78, 5) is 11.9. The lowest BCUT2D eigenvalue weighted by molar-refractivity contribution is -0.121. The van der Waals surface area contributed by atoms with Crippen LogP contribution < -0.4 is 10.1 Å². The van der Waals surface area contributed by atoms with Crippen molar-refractivity contribution in [2.75, 3.05) is 20.3 Å². The Morgan fingerprint density at radius 3 is 2.95 bits per heavy atom. The number of aliphatic hydroxyl groups is 1. The number of carbonyl (C=O) groups is 1. The van der Waals surface area contributed by atoms with Gasteiger partial charge in [0.2, 0.25) is 5.91 Å². The third kappa shape index (κ3) is 3.30. The predicted octanol–water partition coefficient (Wildman–Crippen LogP) is 1.39. The zero-order valence-corrected chi connectivity index (χ0v) is 11.8. The Kier molecular flexibility index (Phi) is 4.63. The summed E-state index contributed by atoms with van der Waals surface area (Å²) in [5.74, 6) is 0.819. The van der Waals surface area contributed by atoms with Crippen LogP contribution in [0.15, 0.2) is 30.5 Å². The summed E-state index contributed by atoms with van der Waals surface area (Å²) in [6.07, 6.45) is 1.89. The lowest BCUT2D eigenvalue weighted by Gasteiger charge is -2.10. The molecule has 0 bridgehead atoms. The second kappa shape index (κ2) is 6.43. The summed E-state index contributed by atoms with van der Waals surface area (Å²) in [6.45, 7) is 2.72. The number of hydrogen-bond acceptors (Lipinski definition) is 3. The first-order valence-electron chi connectivity index (χ1n) is 6.64. The van der Waals surface area contributed by atoms with Crippen molar-refractivity contribution >= 4 is 16.8 Å². The number of nitrogens with zero attached hydrogens (tertiary/aromatic N) is 1. The van der Waals surface area contributed by atoms with E-state index in [1.165, 1.54) is 0 Å². The van der Waals surface area contributed by atoms with Crippen molar-refractivity contribution in [2.24, 2.45) is 5.92 Å². The maximum Gasteiger partial charge on any atom is 0.239 e. The minimum absolute atomic E-state index is 0.0568. The summed E-state index contributed by atoms with van der Waals surface area (Å²) in [5.41, 5.74) is 0.996. The van der Waals surface area contributed by atoms with E-state index in [1.807, 2.05) is 42.0 Å². The van der Waals surface area contributed by atoms with E-state index in [1.54, 1.807) is 7.11 Å². The molecule has 0 aliphatic rings. The molecular formula is C15H20N2O3. The van der Waals surface area contributed by atoms with Gasteiger partial charge >= 0.3 is 0 Å².